The molecule has 0 fully saturated rings. The van der Waals surface area contributed by atoms with Gasteiger partial charge in [0.05, 0.1) is 0 Å². The summed E-state index contributed by atoms with van der Waals surface area (Å²) in [6.45, 7) is 5.84. The van der Waals surface area contributed by atoms with Gasteiger partial charge in [-0.1, -0.05) is 5.57 Å². The average molecular weight is 246 g/mol. The molecular weight excluding hydrogens is 234 g/mol. The largest absolute Gasteiger partial charge is 0.323 e. The van der Waals surface area contributed by atoms with Crippen LogP contribution in [-0.2, 0) is 0 Å². The van der Waals surface area contributed by atoms with Crippen LogP contribution in [0.15, 0.2) is 28.1 Å². The van der Waals surface area contributed by atoms with Gasteiger partial charge in [-0.15, -0.1) is 17.9 Å². The normalized spacial score (nSPS) is 12.9. The number of hydrogen-bond acceptors (Lipinski definition) is 2. The summed E-state index contributed by atoms with van der Waals surface area (Å²) in [4.78, 5) is 1.21. The van der Waals surface area contributed by atoms with Crippen molar-refractivity contribution in [3.63, 3.8) is 0 Å². The smallest absolute Gasteiger partial charge is 0.0427 e. The highest BCUT2D eigenvalue weighted by molar-refractivity contribution is 9.10. The molecule has 2 N–H and O–H groups in total. The van der Waals surface area contributed by atoms with Gasteiger partial charge in [-0.3, -0.25) is 0 Å². The topological polar surface area (TPSA) is 26.0 Å². The van der Waals surface area contributed by atoms with Crippen molar-refractivity contribution in [2.45, 2.75) is 19.4 Å². The fourth-order valence-electron chi connectivity index (χ4n) is 0.999. The fourth-order valence-corrected chi connectivity index (χ4v) is 2.45. The van der Waals surface area contributed by atoms with Crippen LogP contribution in [0, 0.1) is 0 Å². The van der Waals surface area contributed by atoms with E-state index in [2.05, 4.69) is 28.6 Å². The predicted octanol–water partition coefficient (Wildman–Crippen LogP) is 3.48. The second kappa shape index (κ2) is 4.21. The molecule has 12 heavy (non-hydrogen) atoms. The molecule has 0 saturated carbocycles. The molecule has 0 aliphatic carbocycles. The minimum atomic E-state index is 0.110. The summed E-state index contributed by atoms with van der Waals surface area (Å²) in [5, 5.41) is 2.05. The molecule has 1 aromatic rings. The molecule has 1 heterocycles. The van der Waals surface area contributed by atoms with Crippen LogP contribution >= 0.6 is 27.3 Å². The Morgan fingerprint density at radius 2 is 2.50 bits per heavy atom. The first-order valence-corrected chi connectivity index (χ1v) is 5.40. The summed E-state index contributed by atoms with van der Waals surface area (Å²) in [6.07, 6.45) is 0.868. The molecular formula is C9H12BrNS. The Kier molecular flexibility index (Phi) is 3.50. The summed E-state index contributed by atoms with van der Waals surface area (Å²) in [6, 6.07) is 2.18. The van der Waals surface area contributed by atoms with E-state index < -0.39 is 0 Å². The Hall–Kier alpha value is -0.120. The second-order valence-corrected chi connectivity index (χ2v) is 4.79. The molecule has 0 amide bonds. The van der Waals surface area contributed by atoms with Crippen LogP contribution in [0.25, 0.3) is 0 Å². The predicted molar refractivity (Wildman–Crippen MR) is 58.4 cm³/mol. The lowest BCUT2D eigenvalue weighted by Gasteiger charge is -2.07. The van der Waals surface area contributed by atoms with E-state index in [1.165, 1.54) is 4.88 Å². The molecule has 3 heteroatoms. The quantitative estimate of drug-likeness (QED) is 0.812. The minimum absolute atomic E-state index is 0.110. The van der Waals surface area contributed by atoms with E-state index in [9.17, 15) is 0 Å². The lowest BCUT2D eigenvalue weighted by molar-refractivity contribution is 0.731. The van der Waals surface area contributed by atoms with Gasteiger partial charge in [-0.25, -0.2) is 0 Å². The summed E-state index contributed by atoms with van der Waals surface area (Å²) >= 11 is 5.09. The van der Waals surface area contributed by atoms with Gasteiger partial charge < -0.3 is 5.73 Å². The zero-order chi connectivity index (χ0) is 9.14. The molecule has 66 valence electrons. The van der Waals surface area contributed by atoms with Gasteiger partial charge in [0.25, 0.3) is 0 Å². The summed E-state index contributed by atoms with van der Waals surface area (Å²) < 4.78 is 1.11. The molecule has 0 aliphatic heterocycles. The van der Waals surface area contributed by atoms with Gasteiger partial charge in [0, 0.05) is 20.8 Å². The molecule has 0 aliphatic rings. The molecule has 1 atom stereocenters. The number of thiophene rings is 1. The average Bonchev–Trinajstić information content (AvgIpc) is 2.34. The van der Waals surface area contributed by atoms with Crippen molar-refractivity contribution in [1.29, 1.82) is 0 Å². The fraction of sp³-hybridized carbons (Fsp3) is 0.333. The highest BCUT2D eigenvalue weighted by atomic mass is 79.9. The molecule has 0 aromatic carbocycles. The van der Waals surface area contributed by atoms with Crippen LogP contribution in [0.4, 0.5) is 0 Å². The van der Waals surface area contributed by atoms with Crippen molar-refractivity contribution in [2.75, 3.05) is 0 Å². The molecule has 0 radical (unpaired) electrons. The molecule has 1 rings (SSSR count). The number of halogens is 1. The number of nitrogens with two attached hydrogens (primary N) is 1. The van der Waals surface area contributed by atoms with Crippen LogP contribution in [0.5, 0.6) is 0 Å². The number of rotatable bonds is 3. The highest BCUT2D eigenvalue weighted by Gasteiger charge is 2.07. The first-order valence-electron chi connectivity index (χ1n) is 3.73. The maximum Gasteiger partial charge on any atom is 0.0427 e. The minimum Gasteiger partial charge on any atom is -0.323 e. The summed E-state index contributed by atoms with van der Waals surface area (Å²) in [5.74, 6) is 0. The van der Waals surface area contributed by atoms with Gasteiger partial charge in [-0.05, 0) is 35.3 Å². The van der Waals surface area contributed by atoms with Crippen molar-refractivity contribution in [3.05, 3.63) is 32.9 Å². The number of hydrogen-bond donors (Lipinski definition) is 1. The van der Waals surface area contributed by atoms with Crippen molar-refractivity contribution in [3.8, 4) is 0 Å². The Labute approximate surface area is 85.4 Å². The zero-order valence-electron chi connectivity index (χ0n) is 7.01. The van der Waals surface area contributed by atoms with Crippen LogP contribution < -0.4 is 5.73 Å². The maximum atomic E-state index is 5.94. The van der Waals surface area contributed by atoms with Crippen molar-refractivity contribution >= 4 is 27.3 Å². The molecule has 0 bridgehead atoms. The van der Waals surface area contributed by atoms with Gasteiger partial charge in [0.1, 0.15) is 0 Å². The molecule has 1 nitrogen and oxygen atoms in total. The molecule has 1 unspecified atom stereocenters. The van der Waals surface area contributed by atoms with Crippen LogP contribution in [0.3, 0.4) is 0 Å². The third-order valence-corrected chi connectivity index (χ3v) is 3.35. The Morgan fingerprint density at radius 1 is 1.83 bits per heavy atom. The first kappa shape index (κ1) is 9.96. The van der Waals surface area contributed by atoms with Crippen LogP contribution in [0.2, 0.25) is 0 Å². The van der Waals surface area contributed by atoms with Crippen molar-refractivity contribution in [1.82, 2.24) is 0 Å². The van der Waals surface area contributed by atoms with Gasteiger partial charge >= 0.3 is 0 Å². The van der Waals surface area contributed by atoms with Crippen molar-refractivity contribution in [2.24, 2.45) is 5.73 Å². The maximum absolute atomic E-state index is 5.94. The molecule has 0 saturated heterocycles. The van der Waals surface area contributed by atoms with E-state index in [0.29, 0.717) is 0 Å². The van der Waals surface area contributed by atoms with Crippen molar-refractivity contribution < 1.29 is 0 Å². The van der Waals surface area contributed by atoms with E-state index in [1.807, 2.05) is 12.3 Å². The first-order chi connectivity index (χ1) is 5.59. The van der Waals surface area contributed by atoms with E-state index in [0.717, 1.165) is 16.5 Å². The SMILES string of the molecule is C=C(C)CC(N)c1cc(Br)cs1. The summed E-state index contributed by atoms with van der Waals surface area (Å²) in [5.41, 5.74) is 7.07. The lowest BCUT2D eigenvalue weighted by atomic mass is 10.1. The second-order valence-electron chi connectivity index (χ2n) is 2.94. The lowest BCUT2D eigenvalue weighted by Crippen LogP contribution is -2.08. The zero-order valence-corrected chi connectivity index (χ0v) is 9.41. The Balaban J connectivity index is 2.64. The molecule has 1 aromatic heterocycles. The standard InChI is InChI=1S/C9H12BrNS/c1-6(2)3-8(11)9-4-7(10)5-12-9/h4-5,8H,1,3,11H2,2H3. The monoisotopic (exact) mass is 245 g/mol. The van der Waals surface area contributed by atoms with E-state index in [-0.39, 0.29) is 6.04 Å². The molecule has 0 spiro atoms. The highest BCUT2D eigenvalue weighted by Crippen LogP contribution is 2.27. The van der Waals surface area contributed by atoms with E-state index in [1.54, 1.807) is 11.3 Å². The van der Waals surface area contributed by atoms with E-state index >= 15 is 0 Å². The third kappa shape index (κ3) is 2.73. The van der Waals surface area contributed by atoms with E-state index in [4.69, 9.17) is 5.73 Å². The van der Waals surface area contributed by atoms with Gasteiger partial charge in [-0.2, -0.15) is 0 Å². The third-order valence-electron chi connectivity index (χ3n) is 1.52. The Bertz CT molecular complexity index is 280. The van der Waals surface area contributed by atoms with Gasteiger partial charge in [0.15, 0.2) is 0 Å². The van der Waals surface area contributed by atoms with Gasteiger partial charge in [0.2, 0.25) is 0 Å². The summed E-state index contributed by atoms with van der Waals surface area (Å²) in [7, 11) is 0. The van der Waals surface area contributed by atoms with Crippen LogP contribution in [-0.4, -0.2) is 0 Å². The van der Waals surface area contributed by atoms with Crippen LogP contribution in [0.1, 0.15) is 24.3 Å². The Morgan fingerprint density at radius 3 is 2.92 bits per heavy atom.